The molecule has 0 saturated carbocycles. The van der Waals surface area contributed by atoms with Crippen LogP contribution in [0.1, 0.15) is 17.0 Å². The molecular weight excluding hydrogens is 314 g/mol. The number of fused-ring (bicyclic) bond motifs is 1. The summed E-state index contributed by atoms with van der Waals surface area (Å²) >= 11 is 0. The number of nitrogens with one attached hydrogen (secondary N) is 1. The van der Waals surface area contributed by atoms with Gasteiger partial charge < -0.3 is 5.32 Å². The summed E-state index contributed by atoms with van der Waals surface area (Å²) in [6.45, 7) is 4.69. The van der Waals surface area contributed by atoms with Gasteiger partial charge in [-0.05, 0) is 26.0 Å². The van der Waals surface area contributed by atoms with Gasteiger partial charge in [-0.25, -0.2) is 4.98 Å². The van der Waals surface area contributed by atoms with Crippen LogP contribution >= 0.6 is 0 Å². The van der Waals surface area contributed by atoms with Crippen LogP contribution in [0.25, 0.3) is 16.8 Å². The Labute approximate surface area is 145 Å². The monoisotopic (exact) mass is 333 g/mol. The van der Waals surface area contributed by atoms with Crippen LogP contribution in [-0.4, -0.2) is 29.4 Å². The van der Waals surface area contributed by atoms with Crippen molar-refractivity contribution < 1.29 is 0 Å². The lowest BCUT2D eigenvalue weighted by Crippen LogP contribution is -2.10. The van der Waals surface area contributed by atoms with Crippen LogP contribution in [0, 0.1) is 13.8 Å². The van der Waals surface area contributed by atoms with E-state index in [1.165, 1.54) is 0 Å². The second-order valence-corrected chi connectivity index (χ2v) is 6.04. The molecule has 0 aromatic carbocycles. The molecule has 25 heavy (non-hydrogen) atoms. The fourth-order valence-corrected chi connectivity index (χ4v) is 2.83. The van der Waals surface area contributed by atoms with E-state index in [1.807, 2.05) is 62.2 Å². The van der Waals surface area contributed by atoms with E-state index >= 15 is 0 Å². The zero-order valence-electron chi connectivity index (χ0n) is 14.4. The Hall–Kier alpha value is -3.22. The van der Waals surface area contributed by atoms with Gasteiger partial charge in [0.1, 0.15) is 5.82 Å². The van der Waals surface area contributed by atoms with Crippen molar-refractivity contribution in [3.8, 4) is 11.1 Å². The summed E-state index contributed by atoms with van der Waals surface area (Å²) in [6.07, 6.45) is 7.43. The predicted molar refractivity (Wildman–Crippen MR) is 96.2 cm³/mol. The minimum atomic E-state index is 0.627. The maximum atomic E-state index is 4.74. The molecule has 0 atom stereocenters. The molecule has 126 valence electrons. The maximum absolute atomic E-state index is 4.74. The van der Waals surface area contributed by atoms with Crippen molar-refractivity contribution in [1.82, 2.24) is 29.4 Å². The molecule has 4 aromatic rings. The van der Waals surface area contributed by atoms with Gasteiger partial charge in [-0.3, -0.25) is 9.67 Å². The first-order valence-corrected chi connectivity index (χ1v) is 8.11. The number of pyridine rings is 1. The molecule has 0 spiro atoms. The molecule has 0 aliphatic rings. The number of nitrogens with zero attached hydrogens (tertiary/aromatic N) is 6. The van der Waals surface area contributed by atoms with E-state index in [0.717, 1.165) is 39.5 Å². The van der Waals surface area contributed by atoms with Gasteiger partial charge in [0.2, 0.25) is 0 Å². The molecule has 0 radical (unpaired) electrons. The van der Waals surface area contributed by atoms with Gasteiger partial charge in [0.05, 0.1) is 24.6 Å². The van der Waals surface area contributed by atoms with Crippen molar-refractivity contribution in [2.45, 2.75) is 20.4 Å². The molecule has 0 unspecified atom stereocenters. The molecule has 4 aromatic heterocycles. The third-order valence-electron chi connectivity index (χ3n) is 4.31. The first-order valence-electron chi connectivity index (χ1n) is 8.11. The minimum absolute atomic E-state index is 0.627. The van der Waals surface area contributed by atoms with E-state index < -0.39 is 0 Å². The highest BCUT2D eigenvalue weighted by atomic mass is 15.3. The van der Waals surface area contributed by atoms with E-state index in [0.29, 0.717) is 6.54 Å². The van der Waals surface area contributed by atoms with Crippen molar-refractivity contribution in [2.24, 2.45) is 7.05 Å². The summed E-state index contributed by atoms with van der Waals surface area (Å²) in [7, 11) is 1.90. The zero-order chi connectivity index (χ0) is 17.4. The highest BCUT2D eigenvalue weighted by Crippen LogP contribution is 2.27. The van der Waals surface area contributed by atoms with Crippen molar-refractivity contribution >= 4 is 11.5 Å². The van der Waals surface area contributed by atoms with Crippen LogP contribution in [0.5, 0.6) is 0 Å². The first-order chi connectivity index (χ1) is 12.1. The summed E-state index contributed by atoms with van der Waals surface area (Å²) in [6, 6.07) is 5.90. The van der Waals surface area contributed by atoms with Gasteiger partial charge in [0.25, 0.3) is 0 Å². The van der Waals surface area contributed by atoms with E-state index in [4.69, 9.17) is 4.98 Å². The molecule has 0 bridgehead atoms. The lowest BCUT2D eigenvalue weighted by atomic mass is 10.2. The summed E-state index contributed by atoms with van der Waals surface area (Å²) in [5, 5.41) is 12.3. The van der Waals surface area contributed by atoms with Crippen molar-refractivity contribution in [3.05, 3.63) is 59.9 Å². The molecule has 4 rings (SSSR count). The van der Waals surface area contributed by atoms with Crippen LogP contribution in [-0.2, 0) is 13.6 Å². The van der Waals surface area contributed by atoms with Gasteiger partial charge in [0, 0.05) is 41.8 Å². The Morgan fingerprint density at radius 3 is 2.72 bits per heavy atom. The molecule has 0 amide bonds. The number of aryl methyl sites for hydroxylation is 2. The standard InChI is InChI=1S/C18H19N7/c1-12-13(2)23-18-16(14-8-21-24(3)11-14)10-22-25(18)17(12)20-9-15-6-4-5-7-19-15/h4-8,10-11,20H,9H2,1-3H3. The SMILES string of the molecule is Cc1nc2c(-c3cnn(C)c3)cnn2c(NCc2ccccn2)c1C. The molecule has 1 N–H and O–H groups in total. The minimum Gasteiger partial charge on any atom is -0.364 e. The lowest BCUT2D eigenvalue weighted by Gasteiger charge is -2.13. The van der Waals surface area contributed by atoms with Gasteiger partial charge in [-0.15, -0.1) is 0 Å². The smallest absolute Gasteiger partial charge is 0.165 e. The average Bonchev–Trinajstić information content (AvgIpc) is 3.22. The molecule has 4 heterocycles. The van der Waals surface area contributed by atoms with Gasteiger partial charge in [-0.2, -0.15) is 14.7 Å². The average molecular weight is 333 g/mol. The normalized spacial score (nSPS) is 11.2. The van der Waals surface area contributed by atoms with Gasteiger partial charge in [-0.1, -0.05) is 6.07 Å². The summed E-state index contributed by atoms with van der Waals surface area (Å²) < 4.78 is 3.63. The fraction of sp³-hybridized carbons (Fsp3) is 0.222. The van der Waals surface area contributed by atoms with Crippen LogP contribution in [0.4, 0.5) is 5.82 Å². The predicted octanol–water partition coefficient (Wildman–Crippen LogP) is 2.75. The summed E-state index contributed by atoms with van der Waals surface area (Å²) in [4.78, 5) is 9.11. The number of hydrogen-bond acceptors (Lipinski definition) is 5. The van der Waals surface area contributed by atoms with Crippen LogP contribution in [0.2, 0.25) is 0 Å². The molecular formula is C18H19N7. The van der Waals surface area contributed by atoms with Crippen LogP contribution in [0.15, 0.2) is 43.0 Å². The van der Waals surface area contributed by atoms with E-state index in [1.54, 1.807) is 10.9 Å². The molecule has 7 nitrogen and oxygen atoms in total. The number of rotatable bonds is 4. The Morgan fingerprint density at radius 2 is 2.00 bits per heavy atom. The molecule has 0 aliphatic heterocycles. The number of anilines is 1. The van der Waals surface area contributed by atoms with Crippen molar-refractivity contribution in [3.63, 3.8) is 0 Å². The second kappa shape index (κ2) is 6.01. The largest absolute Gasteiger partial charge is 0.364 e. The first kappa shape index (κ1) is 15.3. The summed E-state index contributed by atoms with van der Waals surface area (Å²) in [5.74, 6) is 0.934. The summed E-state index contributed by atoms with van der Waals surface area (Å²) in [5.41, 5.74) is 5.82. The van der Waals surface area contributed by atoms with Gasteiger partial charge in [0.15, 0.2) is 5.65 Å². The third-order valence-corrected chi connectivity index (χ3v) is 4.31. The molecule has 0 aliphatic carbocycles. The van der Waals surface area contributed by atoms with E-state index in [9.17, 15) is 0 Å². The molecule has 0 saturated heterocycles. The second-order valence-electron chi connectivity index (χ2n) is 6.04. The quantitative estimate of drug-likeness (QED) is 0.622. The van der Waals surface area contributed by atoms with Crippen molar-refractivity contribution in [1.29, 1.82) is 0 Å². The Kier molecular flexibility index (Phi) is 3.68. The Bertz CT molecular complexity index is 1030. The topological polar surface area (TPSA) is 72.9 Å². The van der Waals surface area contributed by atoms with E-state index in [2.05, 4.69) is 20.5 Å². The highest BCUT2D eigenvalue weighted by Gasteiger charge is 2.16. The fourth-order valence-electron chi connectivity index (χ4n) is 2.83. The third kappa shape index (κ3) is 2.73. The number of hydrogen-bond donors (Lipinski definition) is 1. The zero-order valence-corrected chi connectivity index (χ0v) is 14.4. The van der Waals surface area contributed by atoms with Crippen LogP contribution in [0.3, 0.4) is 0 Å². The lowest BCUT2D eigenvalue weighted by molar-refractivity contribution is 0.768. The Morgan fingerprint density at radius 1 is 1.12 bits per heavy atom. The van der Waals surface area contributed by atoms with Gasteiger partial charge >= 0.3 is 0 Å². The maximum Gasteiger partial charge on any atom is 0.165 e. The molecule has 0 fully saturated rings. The highest BCUT2D eigenvalue weighted by molar-refractivity contribution is 5.78. The van der Waals surface area contributed by atoms with Crippen molar-refractivity contribution in [2.75, 3.05) is 5.32 Å². The Balaban J connectivity index is 1.78. The van der Waals surface area contributed by atoms with E-state index in [-0.39, 0.29) is 0 Å². The number of aromatic nitrogens is 6. The van der Waals surface area contributed by atoms with Crippen LogP contribution < -0.4 is 5.32 Å². The molecule has 7 heteroatoms.